The van der Waals surface area contributed by atoms with Crippen LogP contribution in [0.1, 0.15) is 47.0 Å². The summed E-state index contributed by atoms with van der Waals surface area (Å²) < 4.78 is 0. The molecule has 3 nitrogen and oxygen atoms in total. The standard InChI is InChI=1S/C12H23NO2/c1-11(2,9-6-5-7-9)8-13-10(14)12(3,4)15/h9,15H,5-8H2,1-4H3,(H,13,14). The third kappa shape index (κ3) is 3.20. The fraction of sp³-hybridized carbons (Fsp3) is 0.917. The Balaban J connectivity index is 2.38. The van der Waals surface area contributed by atoms with E-state index >= 15 is 0 Å². The minimum Gasteiger partial charge on any atom is -0.381 e. The molecule has 1 aliphatic carbocycles. The molecule has 1 rings (SSSR count). The molecule has 88 valence electrons. The van der Waals surface area contributed by atoms with Crippen LogP contribution in [0.2, 0.25) is 0 Å². The van der Waals surface area contributed by atoms with Crippen LogP contribution in [0.15, 0.2) is 0 Å². The Labute approximate surface area is 92.3 Å². The van der Waals surface area contributed by atoms with Crippen LogP contribution < -0.4 is 5.32 Å². The van der Waals surface area contributed by atoms with Gasteiger partial charge >= 0.3 is 0 Å². The average molecular weight is 213 g/mol. The first-order chi connectivity index (χ1) is 6.73. The van der Waals surface area contributed by atoms with Crippen LogP contribution in [-0.2, 0) is 4.79 Å². The van der Waals surface area contributed by atoms with Gasteiger partial charge in [-0.2, -0.15) is 0 Å². The SMILES string of the molecule is CC(C)(O)C(=O)NCC(C)(C)C1CCC1. The van der Waals surface area contributed by atoms with Gasteiger partial charge < -0.3 is 10.4 Å². The topological polar surface area (TPSA) is 49.3 Å². The molecule has 1 amide bonds. The Kier molecular flexibility index (Phi) is 3.44. The molecule has 0 spiro atoms. The number of hydrogen-bond acceptors (Lipinski definition) is 2. The molecule has 0 saturated heterocycles. The van der Waals surface area contributed by atoms with Gasteiger partial charge in [0.2, 0.25) is 0 Å². The van der Waals surface area contributed by atoms with Crippen molar-refractivity contribution in [2.24, 2.45) is 11.3 Å². The fourth-order valence-electron chi connectivity index (χ4n) is 1.86. The summed E-state index contributed by atoms with van der Waals surface area (Å²) in [6.45, 7) is 8.04. The lowest BCUT2D eigenvalue weighted by molar-refractivity contribution is -0.137. The number of aliphatic hydroxyl groups is 1. The summed E-state index contributed by atoms with van der Waals surface area (Å²) in [5.41, 5.74) is -1.12. The fourth-order valence-corrected chi connectivity index (χ4v) is 1.86. The van der Waals surface area contributed by atoms with Gasteiger partial charge in [0.05, 0.1) is 0 Å². The van der Waals surface area contributed by atoms with Crippen molar-refractivity contribution < 1.29 is 9.90 Å². The first-order valence-electron chi connectivity index (χ1n) is 5.74. The van der Waals surface area contributed by atoms with Crippen molar-refractivity contribution in [3.8, 4) is 0 Å². The van der Waals surface area contributed by atoms with E-state index in [1.54, 1.807) is 0 Å². The van der Waals surface area contributed by atoms with E-state index < -0.39 is 5.60 Å². The average Bonchev–Trinajstić information content (AvgIpc) is 1.93. The zero-order valence-electron chi connectivity index (χ0n) is 10.3. The van der Waals surface area contributed by atoms with Crippen molar-refractivity contribution in [1.82, 2.24) is 5.32 Å². The van der Waals surface area contributed by atoms with Crippen molar-refractivity contribution in [3.63, 3.8) is 0 Å². The number of carbonyl (C=O) groups is 1. The van der Waals surface area contributed by atoms with Crippen molar-refractivity contribution >= 4 is 5.91 Å². The molecule has 0 aromatic rings. The predicted molar refractivity (Wildman–Crippen MR) is 60.4 cm³/mol. The van der Waals surface area contributed by atoms with Gasteiger partial charge in [0.15, 0.2) is 0 Å². The van der Waals surface area contributed by atoms with Crippen molar-refractivity contribution in [2.45, 2.75) is 52.6 Å². The normalized spacial score (nSPS) is 18.5. The zero-order chi connectivity index (χ0) is 11.7. The number of nitrogens with one attached hydrogen (secondary N) is 1. The molecule has 1 fully saturated rings. The summed E-state index contributed by atoms with van der Waals surface area (Å²) in [4.78, 5) is 11.5. The number of rotatable bonds is 4. The highest BCUT2D eigenvalue weighted by atomic mass is 16.3. The minimum atomic E-state index is -1.27. The van der Waals surface area contributed by atoms with E-state index in [9.17, 15) is 9.90 Å². The Hall–Kier alpha value is -0.570. The van der Waals surface area contributed by atoms with Crippen LogP contribution in [0.25, 0.3) is 0 Å². The van der Waals surface area contributed by atoms with Gasteiger partial charge in [-0.15, -0.1) is 0 Å². The number of amides is 1. The second kappa shape index (κ2) is 4.12. The molecular formula is C12H23NO2. The van der Waals surface area contributed by atoms with Gasteiger partial charge in [-0.05, 0) is 38.0 Å². The van der Waals surface area contributed by atoms with E-state index in [0.29, 0.717) is 6.54 Å². The van der Waals surface area contributed by atoms with Gasteiger partial charge in [0, 0.05) is 6.54 Å². The Morgan fingerprint density at radius 1 is 1.33 bits per heavy atom. The van der Waals surface area contributed by atoms with Gasteiger partial charge in [-0.25, -0.2) is 0 Å². The molecule has 3 heteroatoms. The third-order valence-electron chi connectivity index (χ3n) is 3.47. The molecule has 0 aromatic heterocycles. The maximum absolute atomic E-state index is 11.5. The van der Waals surface area contributed by atoms with Crippen molar-refractivity contribution in [3.05, 3.63) is 0 Å². The predicted octanol–water partition coefficient (Wildman–Crippen LogP) is 1.70. The summed E-state index contributed by atoms with van der Waals surface area (Å²) in [5.74, 6) is 0.439. The van der Waals surface area contributed by atoms with E-state index in [4.69, 9.17) is 0 Å². The van der Waals surface area contributed by atoms with Crippen LogP contribution >= 0.6 is 0 Å². The Bertz CT molecular complexity index is 236. The summed E-state index contributed by atoms with van der Waals surface area (Å²) in [5, 5.41) is 12.3. The van der Waals surface area contributed by atoms with Gasteiger partial charge in [0.25, 0.3) is 5.91 Å². The zero-order valence-corrected chi connectivity index (χ0v) is 10.3. The van der Waals surface area contributed by atoms with Gasteiger partial charge in [-0.3, -0.25) is 4.79 Å². The highest BCUT2D eigenvalue weighted by Crippen LogP contribution is 2.41. The maximum Gasteiger partial charge on any atom is 0.251 e. The molecule has 0 radical (unpaired) electrons. The molecule has 0 aliphatic heterocycles. The van der Waals surface area contributed by atoms with Crippen molar-refractivity contribution in [1.29, 1.82) is 0 Å². The minimum absolute atomic E-state index is 0.152. The quantitative estimate of drug-likeness (QED) is 0.746. The molecule has 0 aromatic carbocycles. The van der Waals surface area contributed by atoms with Gasteiger partial charge in [-0.1, -0.05) is 20.3 Å². The van der Waals surface area contributed by atoms with Crippen molar-refractivity contribution in [2.75, 3.05) is 6.54 Å². The van der Waals surface area contributed by atoms with Crippen LogP contribution in [0.5, 0.6) is 0 Å². The summed E-state index contributed by atoms with van der Waals surface area (Å²) in [7, 11) is 0. The number of hydrogen-bond donors (Lipinski definition) is 2. The van der Waals surface area contributed by atoms with Crippen LogP contribution in [0.4, 0.5) is 0 Å². The lowest BCUT2D eigenvalue weighted by Crippen LogP contribution is -2.47. The second-order valence-electron chi connectivity index (χ2n) is 5.86. The molecule has 0 atom stereocenters. The Morgan fingerprint density at radius 2 is 1.87 bits per heavy atom. The molecule has 0 unspecified atom stereocenters. The highest BCUT2D eigenvalue weighted by molar-refractivity contribution is 5.83. The van der Waals surface area contributed by atoms with Crippen LogP contribution in [0, 0.1) is 11.3 Å². The second-order valence-corrected chi connectivity index (χ2v) is 5.86. The summed E-state index contributed by atoms with van der Waals surface area (Å²) in [6.07, 6.45) is 3.85. The molecule has 1 aliphatic rings. The Morgan fingerprint density at radius 3 is 2.20 bits per heavy atom. The molecule has 0 bridgehead atoms. The highest BCUT2D eigenvalue weighted by Gasteiger charge is 2.35. The lowest BCUT2D eigenvalue weighted by atomic mass is 9.67. The maximum atomic E-state index is 11.5. The third-order valence-corrected chi connectivity index (χ3v) is 3.47. The van der Waals surface area contributed by atoms with E-state index in [1.165, 1.54) is 33.1 Å². The van der Waals surface area contributed by atoms with Gasteiger partial charge in [0.1, 0.15) is 5.60 Å². The number of carbonyl (C=O) groups excluding carboxylic acids is 1. The summed E-state index contributed by atoms with van der Waals surface area (Å²) >= 11 is 0. The van der Waals surface area contributed by atoms with E-state index in [2.05, 4.69) is 19.2 Å². The van der Waals surface area contributed by atoms with E-state index in [1.807, 2.05) is 0 Å². The smallest absolute Gasteiger partial charge is 0.251 e. The monoisotopic (exact) mass is 213 g/mol. The molecular weight excluding hydrogens is 190 g/mol. The van der Waals surface area contributed by atoms with Crippen LogP contribution in [-0.4, -0.2) is 23.2 Å². The lowest BCUT2D eigenvalue weighted by Gasteiger charge is -2.40. The van der Waals surface area contributed by atoms with E-state index in [-0.39, 0.29) is 11.3 Å². The van der Waals surface area contributed by atoms with Crippen LogP contribution in [0.3, 0.4) is 0 Å². The van der Waals surface area contributed by atoms with E-state index in [0.717, 1.165) is 5.92 Å². The largest absolute Gasteiger partial charge is 0.381 e. The molecule has 1 saturated carbocycles. The summed E-state index contributed by atoms with van der Waals surface area (Å²) in [6, 6.07) is 0. The molecule has 0 heterocycles. The molecule has 15 heavy (non-hydrogen) atoms. The molecule has 2 N–H and O–H groups in total. The first kappa shape index (κ1) is 12.5. The first-order valence-corrected chi connectivity index (χ1v) is 5.74.